The van der Waals surface area contributed by atoms with E-state index in [2.05, 4.69) is 47.6 Å². The van der Waals surface area contributed by atoms with E-state index in [0.29, 0.717) is 48.8 Å². The summed E-state index contributed by atoms with van der Waals surface area (Å²) in [6, 6.07) is 28.6. The Morgan fingerprint density at radius 2 is 1.73 bits per heavy atom. The number of carbonyl (C=O) groups excluding carboxylic acids is 2. The van der Waals surface area contributed by atoms with Crippen LogP contribution in [0.3, 0.4) is 0 Å². The van der Waals surface area contributed by atoms with Gasteiger partial charge in [0.25, 0.3) is 21.8 Å². The van der Waals surface area contributed by atoms with Crippen molar-refractivity contribution >= 4 is 56.6 Å². The highest BCUT2D eigenvalue weighted by Gasteiger charge is 2.26. The van der Waals surface area contributed by atoms with Crippen molar-refractivity contribution in [1.82, 2.24) is 29.2 Å². The van der Waals surface area contributed by atoms with Crippen molar-refractivity contribution in [2.24, 2.45) is 5.92 Å². The minimum atomic E-state index is -4.37. The van der Waals surface area contributed by atoms with E-state index in [1.165, 1.54) is 23.1 Å². The predicted molar refractivity (Wildman–Crippen MR) is 229 cm³/mol. The molecule has 2 aliphatic rings. The smallest absolute Gasteiger partial charge is 0.283 e. The lowest BCUT2D eigenvalue weighted by molar-refractivity contribution is 0.0358. The standard InChI is InChI=1S/C43H45N9O6S2/c53-42(47-39-28-52-41(46-39)13-6-18-44-52)35-10-4-7-31-17-20-51(27-36(31)35)40-12-5-11-37(45-40)43(54)49-60(56,57)34-15-14-32(38(26-34)48-55)25-30(16-19-50-21-23-58-24-22-50)29-59-33-8-2-1-3-9-33/h1-15,18,26,28,30,48,55H,16-17,19-25,27,29H2,(H,47,53)(H,49,54)/t30-/m0/s1. The van der Waals surface area contributed by atoms with Gasteiger partial charge in [-0.2, -0.15) is 5.10 Å². The van der Waals surface area contributed by atoms with Crippen LogP contribution < -0.4 is 20.4 Å². The number of aromatic nitrogens is 4. The molecule has 2 amide bonds. The summed E-state index contributed by atoms with van der Waals surface area (Å²) in [5.74, 6) is 0.670. The maximum Gasteiger partial charge on any atom is 0.283 e. The van der Waals surface area contributed by atoms with E-state index >= 15 is 0 Å². The second-order valence-corrected chi connectivity index (χ2v) is 17.5. The first-order valence-electron chi connectivity index (χ1n) is 19.7. The number of nitrogens with one attached hydrogen (secondary N) is 3. The van der Waals surface area contributed by atoms with E-state index in [4.69, 9.17) is 4.74 Å². The summed E-state index contributed by atoms with van der Waals surface area (Å²) in [6.07, 6.45) is 5.42. The average Bonchev–Trinajstić information content (AvgIpc) is 3.70. The van der Waals surface area contributed by atoms with Crippen LogP contribution in [-0.4, -0.2) is 95.1 Å². The number of carbonyl (C=O) groups is 2. The van der Waals surface area contributed by atoms with Crippen LogP contribution in [0.4, 0.5) is 17.3 Å². The number of benzene rings is 3. The number of anilines is 3. The molecule has 17 heteroatoms. The van der Waals surface area contributed by atoms with E-state index in [1.807, 2.05) is 35.2 Å². The third kappa shape index (κ3) is 9.77. The minimum absolute atomic E-state index is 0.0930. The highest BCUT2D eigenvalue weighted by molar-refractivity contribution is 7.99. The fourth-order valence-electron chi connectivity index (χ4n) is 7.50. The molecule has 3 aromatic carbocycles. The maximum absolute atomic E-state index is 13.6. The van der Waals surface area contributed by atoms with Gasteiger partial charge >= 0.3 is 0 Å². The number of amides is 2. The van der Waals surface area contributed by atoms with Gasteiger partial charge in [-0.1, -0.05) is 42.5 Å². The molecule has 0 aliphatic carbocycles. The van der Waals surface area contributed by atoms with Crippen LogP contribution in [0.2, 0.25) is 0 Å². The predicted octanol–water partition coefficient (Wildman–Crippen LogP) is 5.53. The van der Waals surface area contributed by atoms with Crippen LogP contribution in [0, 0.1) is 5.92 Å². The zero-order valence-corrected chi connectivity index (χ0v) is 34.4. The van der Waals surface area contributed by atoms with E-state index < -0.39 is 15.9 Å². The van der Waals surface area contributed by atoms with Crippen LogP contribution >= 0.6 is 11.8 Å². The fraction of sp³-hybridized carbons (Fsp3) is 0.279. The zero-order valence-electron chi connectivity index (χ0n) is 32.7. The Balaban J connectivity index is 0.935. The molecule has 0 bridgehead atoms. The fourth-order valence-corrected chi connectivity index (χ4v) is 9.55. The largest absolute Gasteiger partial charge is 0.379 e. The van der Waals surface area contributed by atoms with Gasteiger partial charge in [-0.05, 0) is 103 Å². The molecule has 1 atom stereocenters. The third-order valence-corrected chi connectivity index (χ3v) is 13.3. The molecule has 1 fully saturated rings. The number of imidazole rings is 1. The van der Waals surface area contributed by atoms with E-state index in [-0.39, 0.29) is 28.1 Å². The number of fused-ring (bicyclic) bond motifs is 2. The second-order valence-electron chi connectivity index (χ2n) is 14.7. The van der Waals surface area contributed by atoms with Gasteiger partial charge in [-0.25, -0.2) is 27.6 Å². The molecule has 60 heavy (non-hydrogen) atoms. The van der Waals surface area contributed by atoms with Crippen LogP contribution in [0.25, 0.3) is 5.65 Å². The van der Waals surface area contributed by atoms with E-state index in [9.17, 15) is 23.2 Å². The average molecular weight is 848 g/mol. The molecule has 0 saturated carbocycles. The summed E-state index contributed by atoms with van der Waals surface area (Å²) in [4.78, 5) is 41.3. The van der Waals surface area contributed by atoms with Gasteiger partial charge in [0.1, 0.15) is 11.5 Å². The molecule has 6 aromatic rings. The van der Waals surface area contributed by atoms with Gasteiger partial charge in [0.05, 0.1) is 30.0 Å². The topological polar surface area (TPSA) is 183 Å². The second kappa shape index (κ2) is 18.6. The molecule has 1 saturated heterocycles. The number of thioether (sulfide) groups is 1. The van der Waals surface area contributed by atoms with E-state index in [1.54, 1.807) is 65.1 Å². The number of hydrogen-bond acceptors (Lipinski definition) is 13. The Bertz CT molecular complexity index is 2550. The van der Waals surface area contributed by atoms with E-state index in [0.717, 1.165) is 61.7 Å². The maximum atomic E-state index is 13.6. The number of nitrogens with zero attached hydrogens (tertiary/aromatic N) is 6. The Hall–Kier alpha value is -5.85. The van der Waals surface area contributed by atoms with Crippen molar-refractivity contribution in [3.05, 3.63) is 137 Å². The van der Waals surface area contributed by atoms with Crippen molar-refractivity contribution < 1.29 is 28.0 Å². The number of ether oxygens (including phenoxy) is 1. The molecule has 8 rings (SSSR count). The zero-order chi connectivity index (χ0) is 41.5. The van der Waals surface area contributed by atoms with Gasteiger partial charge in [-0.15, -0.1) is 11.8 Å². The first kappa shape index (κ1) is 40.9. The summed E-state index contributed by atoms with van der Waals surface area (Å²) in [6.45, 7) is 5.02. The third-order valence-electron chi connectivity index (χ3n) is 10.7. The van der Waals surface area contributed by atoms with Crippen molar-refractivity contribution in [3.63, 3.8) is 0 Å². The molecular weight excluding hydrogens is 803 g/mol. The lowest BCUT2D eigenvalue weighted by atomic mass is 9.94. The van der Waals surface area contributed by atoms with Gasteiger partial charge in [-0.3, -0.25) is 25.2 Å². The number of hydrogen-bond donors (Lipinski definition) is 4. The summed E-state index contributed by atoms with van der Waals surface area (Å²) < 4.78 is 36.5. The van der Waals surface area contributed by atoms with Crippen molar-refractivity contribution in [1.29, 1.82) is 0 Å². The molecule has 15 nitrogen and oxygen atoms in total. The Morgan fingerprint density at radius 3 is 2.55 bits per heavy atom. The summed E-state index contributed by atoms with van der Waals surface area (Å²) >= 11 is 1.77. The number of rotatable bonds is 15. The molecule has 4 N–H and O–H groups in total. The first-order chi connectivity index (χ1) is 29.2. The van der Waals surface area contributed by atoms with Gasteiger partial charge in [0.2, 0.25) is 0 Å². The van der Waals surface area contributed by atoms with Crippen LogP contribution in [0.15, 0.2) is 119 Å². The van der Waals surface area contributed by atoms with Gasteiger partial charge < -0.3 is 15.0 Å². The quantitative estimate of drug-likeness (QED) is 0.0748. The molecule has 0 spiro atoms. The molecule has 310 valence electrons. The molecule has 3 aromatic heterocycles. The SMILES string of the molecule is O=C(NS(=O)(=O)c1ccc(C[C@H](CCN2CCOCC2)CSc2ccccc2)c(NO)c1)c1cccc(N2CCc3cccc(C(=O)Nc4cn5ncccc5n4)c3C2)n1. The summed E-state index contributed by atoms with van der Waals surface area (Å²) in [5.41, 5.74) is 6.04. The lowest BCUT2D eigenvalue weighted by Crippen LogP contribution is -2.37. The van der Waals surface area contributed by atoms with Crippen LogP contribution in [-0.2, 0) is 34.1 Å². The number of morpholine rings is 1. The Labute approximate surface area is 352 Å². The normalized spacial score (nSPS) is 15.0. The molecule has 5 heterocycles. The van der Waals surface area contributed by atoms with Crippen LogP contribution in [0.5, 0.6) is 0 Å². The summed E-state index contributed by atoms with van der Waals surface area (Å²) in [5, 5.41) is 17.3. The Morgan fingerprint density at radius 1 is 0.900 bits per heavy atom. The monoisotopic (exact) mass is 847 g/mol. The van der Waals surface area contributed by atoms with Gasteiger partial charge in [0, 0.05) is 48.6 Å². The van der Waals surface area contributed by atoms with Crippen LogP contribution in [0.1, 0.15) is 44.0 Å². The minimum Gasteiger partial charge on any atom is -0.379 e. The highest BCUT2D eigenvalue weighted by Crippen LogP contribution is 2.30. The summed E-state index contributed by atoms with van der Waals surface area (Å²) in [7, 11) is -4.37. The lowest BCUT2D eigenvalue weighted by Gasteiger charge is -2.31. The molecule has 0 radical (unpaired) electrons. The highest BCUT2D eigenvalue weighted by atomic mass is 32.2. The number of pyridine rings is 1. The number of sulfonamides is 1. The van der Waals surface area contributed by atoms with Crippen molar-refractivity contribution in [2.45, 2.75) is 35.6 Å². The molecule has 0 unspecified atom stereocenters. The molecule has 2 aliphatic heterocycles. The van der Waals surface area contributed by atoms with Gasteiger partial charge in [0.15, 0.2) is 11.5 Å². The van der Waals surface area contributed by atoms with Crippen molar-refractivity contribution in [3.8, 4) is 0 Å². The Kier molecular flexibility index (Phi) is 12.7. The first-order valence-corrected chi connectivity index (χ1v) is 22.2. The van der Waals surface area contributed by atoms with Crippen molar-refractivity contribution in [2.75, 3.05) is 60.8 Å². The molecular formula is C43H45N9O6S2.